The van der Waals surface area contributed by atoms with Gasteiger partial charge in [-0.15, -0.1) is 24.0 Å². The number of nitrogens with zero attached hydrogens (tertiary/aromatic N) is 4. The molecule has 1 aromatic carbocycles. The van der Waals surface area contributed by atoms with E-state index in [1.165, 1.54) is 13.2 Å². The zero-order valence-corrected chi connectivity index (χ0v) is 20.0. The monoisotopic (exact) mass is 547 g/mol. The predicted molar refractivity (Wildman–Crippen MR) is 128 cm³/mol. The van der Waals surface area contributed by atoms with Crippen LogP contribution in [0.5, 0.6) is 11.5 Å². The molecule has 0 amide bonds. The maximum atomic E-state index is 12.8. The van der Waals surface area contributed by atoms with E-state index < -0.39 is 6.61 Å². The molecule has 1 fully saturated rings. The largest absolute Gasteiger partial charge is 0.497 e. The van der Waals surface area contributed by atoms with E-state index in [1.54, 1.807) is 18.3 Å². The van der Waals surface area contributed by atoms with Crippen molar-refractivity contribution >= 4 is 35.8 Å². The molecule has 10 heteroatoms. The van der Waals surface area contributed by atoms with Gasteiger partial charge in [-0.3, -0.25) is 0 Å². The number of methoxy groups -OCH3 is 1. The standard InChI is InChI=1S/C21H27F2N5O2.HI/c1-3-24-21(28-12-10-27(11-13-28)19-6-4-5-9-25-19)26-15-16-7-8-17(29-2)14-18(16)30-20(22)23;/h4-9,14,20H,3,10-13,15H2,1-2H3,(H,24,26);1H. The molecule has 1 N–H and O–H groups in total. The lowest BCUT2D eigenvalue weighted by Crippen LogP contribution is -2.52. The number of aliphatic imine (C=N–C) groups is 1. The van der Waals surface area contributed by atoms with Crippen molar-refractivity contribution in [3.8, 4) is 11.5 Å². The van der Waals surface area contributed by atoms with Gasteiger partial charge in [0.05, 0.1) is 13.7 Å². The molecule has 0 spiro atoms. The fourth-order valence-corrected chi connectivity index (χ4v) is 3.27. The van der Waals surface area contributed by atoms with Crippen LogP contribution in [0.3, 0.4) is 0 Å². The maximum Gasteiger partial charge on any atom is 0.387 e. The Hall–Kier alpha value is -2.37. The third-order valence-electron chi connectivity index (χ3n) is 4.78. The highest BCUT2D eigenvalue weighted by molar-refractivity contribution is 14.0. The highest BCUT2D eigenvalue weighted by Crippen LogP contribution is 2.27. The van der Waals surface area contributed by atoms with Gasteiger partial charge in [0, 0.05) is 50.6 Å². The second-order valence-corrected chi connectivity index (χ2v) is 6.68. The molecule has 2 heterocycles. The first-order valence-corrected chi connectivity index (χ1v) is 9.91. The van der Waals surface area contributed by atoms with Crippen LogP contribution in [-0.2, 0) is 6.54 Å². The first kappa shape index (κ1) is 24.9. The van der Waals surface area contributed by atoms with Crippen LogP contribution in [0.15, 0.2) is 47.6 Å². The zero-order valence-electron chi connectivity index (χ0n) is 17.6. The Bertz CT molecular complexity index is 834. The molecule has 31 heavy (non-hydrogen) atoms. The smallest absolute Gasteiger partial charge is 0.387 e. The van der Waals surface area contributed by atoms with E-state index in [2.05, 4.69) is 29.8 Å². The van der Waals surface area contributed by atoms with Gasteiger partial charge in [0.25, 0.3) is 0 Å². The van der Waals surface area contributed by atoms with Gasteiger partial charge in [-0.2, -0.15) is 8.78 Å². The third-order valence-corrected chi connectivity index (χ3v) is 4.78. The predicted octanol–water partition coefficient (Wildman–Crippen LogP) is 3.60. The molecule has 0 bridgehead atoms. The Kier molecular flexibility index (Phi) is 10.0. The zero-order chi connectivity index (χ0) is 21.3. The summed E-state index contributed by atoms with van der Waals surface area (Å²) in [5, 5.41) is 3.29. The van der Waals surface area contributed by atoms with Gasteiger partial charge in [0.15, 0.2) is 5.96 Å². The van der Waals surface area contributed by atoms with Crippen molar-refractivity contribution in [3.05, 3.63) is 48.2 Å². The number of halogens is 3. The van der Waals surface area contributed by atoms with Gasteiger partial charge in [-0.25, -0.2) is 9.98 Å². The lowest BCUT2D eigenvalue weighted by Gasteiger charge is -2.37. The number of nitrogens with one attached hydrogen (secondary N) is 1. The third kappa shape index (κ3) is 7.08. The number of hydrogen-bond acceptors (Lipinski definition) is 5. The molecule has 7 nitrogen and oxygen atoms in total. The van der Waals surface area contributed by atoms with E-state index >= 15 is 0 Å². The number of hydrogen-bond donors (Lipinski definition) is 1. The van der Waals surface area contributed by atoms with Crippen molar-refractivity contribution in [2.24, 2.45) is 4.99 Å². The minimum absolute atomic E-state index is 0. The van der Waals surface area contributed by atoms with E-state index in [4.69, 9.17) is 4.74 Å². The fraction of sp³-hybridized carbons (Fsp3) is 0.429. The summed E-state index contributed by atoms with van der Waals surface area (Å²) in [6.45, 7) is 3.23. The normalized spacial score (nSPS) is 14.3. The number of ether oxygens (including phenoxy) is 2. The molecule has 3 rings (SSSR count). The first-order chi connectivity index (χ1) is 14.6. The van der Waals surface area contributed by atoms with Crippen molar-refractivity contribution in [3.63, 3.8) is 0 Å². The number of pyridine rings is 1. The minimum Gasteiger partial charge on any atom is -0.497 e. The van der Waals surface area contributed by atoms with Crippen LogP contribution in [0.1, 0.15) is 12.5 Å². The molecule has 1 aliphatic rings. The fourth-order valence-electron chi connectivity index (χ4n) is 3.27. The van der Waals surface area contributed by atoms with Crippen LogP contribution in [-0.4, -0.2) is 62.3 Å². The van der Waals surface area contributed by atoms with Crippen molar-refractivity contribution in [1.29, 1.82) is 0 Å². The highest BCUT2D eigenvalue weighted by Gasteiger charge is 2.20. The number of anilines is 1. The average Bonchev–Trinajstić information content (AvgIpc) is 2.77. The van der Waals surface area contributed by atoms with Gasteiger partial charge >= 0.3 is 6.61 Å². The van der Waals surface area contributed by atoms with Crippen LogP contribution < -0.4 is 19.7 Å². The van der Waals surface area contributed by atoms with Crippen LogP contribution in [0, 0.1) is 0 Å². The molecule has 0 atom stereocenters. The average molecular weight is 547 g/mol. The number of alkyl halides is 2. The van der Waals surface area contributed by atoms with Crippen LogP contribution in [0.2, 0.25) is 0 Å². The molecular weight excluding hydrogens is 519 g/mol. The molecule has 2 aromatic rings. The minimum atomic E-state index is -2.91. The number of benzene rings is 1. The number of guanidine groups is 1. The number of rotatable bonds is 7. The molecule has 0 radical (unpaired) electrons. The Balaban J connectivity index is 0.00000341. The molecule has 0 aliphatic carbocycles. The summed E-state index contributed by atoms with van der Waals surface area (Å²) in [6.07, 6.45) is 1.79. The van der Waals surface area contributed by atoms with E-state index in [9.17, 15) is 8.78 Å². The van der Waals surface area contributed by atoms with Crippen molar-refractivity contribution in [2.75, 3.05) is 44.7 Å². The number of piperazine rings is 1. The summed E-state index contributed by atoms with van der Waals surface area (Å²) >= 11 is 0. The quantitative estimate of drug-likeness (QED) is 0.325. The Morgan fingerprint density at radius 3 is 2.58 bits per heavy atom. The number of aromatic nitrogens is 1. The molecule has 1 aliphatic heterocycles. The topological polar surface area (TPSA) is 62.2 Å². The summed E-state index contributed by atoms with van der Waals surface area (Å²) in [7, 11) is 1.48. The summed E-state index contributed by atoms with van der Waals surface area (Å²) in [4.78, 5) is 13.5. The summed E-state index contributed by atoms with van der Waals surface area (Å²) in [5.41, 5.74) is 0.568. The summed E-state index contributed by atoms with van der Waals surface area (Å²) in [6, 6.07) is 10.7. The highest BCUT2D eigenvalue weighted by atomic mass is 127. The van der Waals surface area contributed by atoms with E-state index in [0.29, 0.717) is 17.9 Å². The van der Waals surface area contributed by atoms with Crippen molar-refractivity contribution in [1.82, 2.24) is 15.2 Å². The lowest BCUT2D eigenvalue weighted by molar-refractivity contribution is -0.0505. The van der Waals surface area contributed by atoms with Crippen molar-refractivity contribution < 1.29 is 18.3 Å². The first-order valence-electron chi connectivity index (χ1n) is 9.91. The lowest BCUT2D eigenvalue weighted by atomic mass is 10.2. The Morgan fingerprint density at radius 1 is 1.19 bits per heavy atom. The van der Waals surface area contributed by atoms with Gasteiger partial charge < -0.3 is 24.6 Å². The van der Waals surface area contributed by atoms with E-state index in [0.717, 1.165) is 38.0 Å². The SMILES string of the molecule is CCNC(=NCc1ccc(OC)cc1OC(F)F)N1CCN(c2ccccn2)CC1.I. The van der Waals surface area contributed by atoms with Gasteiger partial charge in [-0.05, 0) is 31.2 Å². The second kappa shape index (κ2) is 12.5. The molecular formula is C21H28F2IN5O2. The molecule has 170 valence electrons. The molecule has 0 unspecified atom stereocenters. The second-order valence-electron chi connectivity index (χ2n) is 6.68. The Labute approximate surface area is 198 Å². The van der Waals surface area contributed by atoms with Gasteiger partial charge in [-0.1, -0.05) is 6.07 Å². The molecule has 0 saturated carbocycles. The summed E-state index contributed by atoms with van der Waals surface area (Å²) < 4.78 is 35.4. The summed E-state index contributed by atoms with van der Waals surface area (Å²) in [5.74, 6) is 2.24. The van der Waals surface area contributed by atoms with Gasteiger partial charge in [0.1, 0.15) is 17.3 Å². The Morgan fingerprint density at radius 2 is 1.97 bits per heavy atom. The van der Waals surface area contributed by atoms with Gasteiger partial charge in [0.2, 0.25) is 0 Å². The molecule has 1 aromatic heterocycles. The maximum absolute atomic E-state index is 12.8. The van der Waals surface area contributed by atoms with Crippen LogP contribution >= 0.6 is 24.0 Å². The van der Waals surface area contributed by atoms with Crippen LogP contribution in [0.25, 0.3) is 0 Å². The van der Waals surface area contributed by atoms with E-state index in [-0.39, 0.29) is 36.3 Å². The van der Waals surface area contributed by atoms with E-state index in [1.807, 2.05) is 25.1 Å². The molecule has 1 saturated heterocycles. The van der Waals surface area contributed by atoms with Crippen LogP contribution in [0.4, 0.5) is 14.6 Å². The van der Waals surface area contributed by atoms with Crippen molar-refractivity contribution in [2.45, 2.75) is 20.1 Å².